The summed E-state index contributed by atoms with van der Waals surface area (Å²) in [6.07, 6.45) is 1.87. The largest absolute Gasteiger partial charge is 0.465 e. The molecule has 1 unspecified atom stereocenters. The number of anilines is 1. The molecule has 0 spiro atoms. The number of methoxy groups -OCH3 is 1. The van der Waals surface area contributed by atoms with Crippen molar-refractivity contribution in [1.82, 2.24) is 0 Å². The summed E-state index contributed by atoms with van der Waals surface area (Å²) in [6, 6.07) is 13.7. The van der Waals surface area contributed by atoms with Gasteiger partial charge in [0.15, 0.2) is 0 Å². The number of hydrogen-bond donors (Lipinski definition) is 1. The van der Waals surface area contributed by atoms with Crippen LogP contribution in [0.2, 0.25) is 0 Å². The van der Waals surface area contributed by atoms with Crippen molar-refractivity contribution in [2.45, 2.75) is 18.9 Å². The molecule has 0 bridgehead atoms. The molecular weight excluding hydrogens is 304 g/mol. The number of nitrogens with zero attached hydrogens (tertiary/aromatic N) is 1. The van der Waals surface area contributed by atoms with Crippen molar-refractivity contribution in [3.63, 3.8) is 0 Å². The van der Waals surface area contributed by atoms with Crippen LogP contribution in [-0.2, 0) is 9.47 Å². The van der Waals surface area contributed by atoms with E-state index in [1.807, 2.05) is 30.3 Å². The van der Waals surface area contributed by atoms with Crippen LogP contribution in [0.4, 0.5) is 5.69 Å². The topological polar surface area (TPSA) is 71.3 Å². The summed E-state index contributed by atoms with van der Waals surface area (Å²) in [5.74, 6) is 0.0472. The maximum atomic E-state index is 12.0. The molecule has 0 aromatic heterocycles. The Morgan fingerprint density at radius 1 is 1.38 bits per heavy atom. The molecule has 0 amide bonds. The maximum absolute atomic E-state index is 12.0. The van der Waals surface area contributed by atoms with Crippen molar-refractivity contribution < 1.29 is 14.3 Å². The SMILES string of the molecule is COC(=O)c1cc(NCCOC(C#N)C2CC2)cc2ccccc12. The summed E-state index contributed by atoms with van der Waals surface area (Å²) in [7, 11) is 1.38. The third-order valence-electron chi connectivity index (χ3n) is 4.17. The highest BCUT2D eigenvalue weighted by Gasteiger charge is 2.31. The smallest absolute Gasteiger partial charge is 0.338 e. The van der Waals surface area contributed by atoms with Crippen LogP contribution in [-0.4, -0.2) is 32.3 Å². The molecule has 0 radical (unpaired) electrons. The lowest BCUT2D eigenvalue weighted by molar-refractivity contribution is 0.0603. The zero-order valence-corrected chi connectivity index (χ0v) is 13.6. The summed E-state index contributed by atoms with van der Waals surface area (Å²) < 4.78 is 10.5. The number of ether oxygens (including phenoxy) is 2. The van der Waals surface area contributed by atoms with E-state index < -0.39 is 0 Å². The molecule has 2 aromatic carbocycles. The minimum atomic E-state index is -0.357. The zero-order valence-electron chi connectivity index (χ0n) is 13.6. The molecule has 0 heterocycles. The first-order valence-electron chi connectivity index (χ1n) is 8.09. The third kappa shape index (κ3) is 3.66. The molecule has 1 fully saturated rings. The van der Waals surface area contributed by atoms with Crippen molar-refractivity contribution in [3.8, 4) is 6.07 Å². The van der Waals surface area contributed by atoms with Crippen LogP contribution in [0.15, 0.2) is 36.4 Å². The van der Waals surface area contributed by atoms with Gasteiger partial charge in [0, 0.05) is 12.2 Å². The van der Waals surface area contributed by atoms with Crippen LogP contribution in [0, 0.1) is 17.2 Å². The van der Waals surface area contributed by atoms with Crippen molar-refractivity contribution >= 4 is 22.4 Å². The number of carbonyl (C=O) groups excluding carboxylic acids is 1. The number of hydrogen-bond acceptors (Lipinski definition) is 5. The minimum Gasteiger partial charge on any atom is -0.465 e. The van der Waals surface area contributed by atoms with Crippen LogP contribution >= 0.6 is 0 Å². The summed E-state index contributed by atoms with van der Waals surface area (Å²) in [6.45, 7) is 1.03. The predicted molar refractivity (Wildman–Crippen MR) is 91.9 cm³/mol. The van der Waals surface area contributed by atoms with Crippen molar-refractivity contribution in [2.75, 3.05) is 25.6 Å². The number of fused-ring (bicyclic) bond motifs is 1. The van der Waals surface area contributed by atoms with E-state index in [1.54, 1.807) is 6.07 Å². The van der Waals surface area contributed by atoms with Crippen LogP contribution in [0.3, 0.4) is 0 Å². The molecule has 1 aliphatic rings. The fraction of sp³-hybridized carbons (Fsp3) is 0.368. The molecule has 1 saturated carbocycles. The fourth-order valence-electron chi connectivity index (χ4n) is 2.75. The van der Waals surface area contributed by atoms with Crippen LogP contribution in [0.5, 0.6) is 0 Å². The lowest BCUT2D eigenvalue weighted by atomic mass is 10.0. The van der Waals surface area contributed by atoms with E-state index in [0.717, 1.165) is 29.3 Å². The molecule has 5 heteroatoms. The second kappa shape index (κ2) is 7.33. The molecule has 1 atom stereocenters. The van der Waals surface area contributed by atoms with Gasteiger partial charge in [0.2, 0.25) is 0 Å². The van der Waals surface area contributed by atoms with Crippen LogP contribution < -0.4 is 5.32 Å². The Balaban J connectivity index is 1.68. The second-order valence-electron chi connectivity index (χ2n) is 5.92. The maximum Gasteiger partial charge on any atom is 0.338 e. The first-order chi connectivity index (χ1) is 11.7. The van der Waals surface area contributed by atoms with Gasteiger partial charge in [-0.1, -0.05) is 24.3 Å². The average Bonchev–Trinajstić information content (AvgIpc) is 3.45. The van der Waals surface area contributed by atoms with E-state index in [4.69, 9.17) is 14.7 Å². The van der Waals surface area contributed by atoms with Crippen molar-refractivity contribution in [1.29, 1.82) is 5.26 Å². The first-order valence-corrected chi connectivity index (χ1v) is 8.09. The van der Waals surface area contributed by atoms with E-state index in [0.29, 0.717) is 24.6 Å². The van der Waals surface area contributed by atoms with E-state index in [-0.39, 0.29) is 12.1 Å². The van der Waals surface area contributed by atoms with Crippen LogP contribution in [0.1, 0.15) is 23.2 Å². The van der Waals surface area contributed by atoms with Gasteiger partial charge in [0.1, 0.15) is 6.10 Å². The Morgan fingerprint density at radius 2 is 2.17 bits per heavy atom. The number of nitriles is 1. The number of carbonyl (C=O) groups is 1. The molecule has 5 nitrogen and oxygen atoms in total. The van der Waals surface area contributed by atoms with Gasteiger partial charge in [0.25, 0.3) is 0 Å². The Kier molecular flexibility index (Phi) is 4.97. The standard InChI is InChI=1S/C19H20N2O3/c1-23-19(22)17-11-15(10-14-4-2-3-5-16(14)17)21-8-9-24-18(12-20)13-6-7-13/h2-5,10-11,13,18,21H,6-9H2,1H3. The van der Waals surface area contributed by atoms with E-state index in [1.165, 1.54) is 7.11 Å². The minimum absolute atomic E-state index is 0.297. The lowest BCUT2D eigenvalue weighted by Gasteiger charge is -2.13. The first kappa shape index (κ1) is 16.3. The van der Waals surface area contributed by atoms with Gasteiger partial charge < -0.3 is 14.8 Å². The van der Waals surface area contributed by atoms with Gasteiger partial charge in [-0.3, -0.25) is 0 Å². The molecule has 0 saturated heterocycles. The fourth-order valence-corrected chi connectivity index (χ4v) is 2.75. The van der Waals surface area contributed by atoms with E-state index in [9.17, 15) is 4.79 Å². The Hall–Kier alpha value is -2.58. The average molecular weight is 324 g/mol. The number of rotatable bonds is 7. The Labute approximate surface area is 141 Å². The van der Waals surface area contributed by atoms with E-state index >= 15 is 0 Å². The normalized spacial score (nSPS) is 14.8. The second-order valence-corrected chi connectivity index (χ2v) is 5.92. The molecule has 1 aliphatic carbocycles. The third-order valence-corrected chi connectivity index (χ3v) is 4.17. The van der Waals surface area contributed by atoms with Gasteiger partial charge in [-0.05, 0) is 41.7 Å². The molecule has 3 rings (SSSR count). The molecule has 124 valence electrons. The molecule has 2 aromatic rings. The number of nitrogens with one attached hydrogen (secondary N) is 1. The Morgan fingerprint density at radius 3 is 2.88 bits per heavy atom. The summed E-state index contributed by atoms with van der Waals surface area (Å²) in [4.78, 5) is 12.0. The highest BCUT2D eigenvalue weighted by atomic mass is 16.5. The quantitative estimate of drug-likeness (QED) is 0.624. The highest BCUT2D eigenvalue weighted by molar-refractivity contribution is 6.06. The van der Waals surface area contributed by atoms with Gasteiger partial charge >= 0.3 is 5.97 Å². The van der Waals surface area contributed by atoms with Crippen molar-refractivity contribution in [3.05, 3.63) is 42.0 Å². The van der Waals surface area contributed by atoms with Gasteiger partial charge in [0.05, 0.1) is 25.3 Å². The van der Waals surface area contributed by atoms with Gasteiger partial charge in [-0.15, -0.1) is 0 Å². The van der Waals surface area contributed by atoms with Crippen LogP contribution in [0.25, 0.3) is 10.8 Å². The molecule has 0 aliphatic heterocycles. The summed E-state index contributed by atoms with van der Waals surface area (Å²) in [5.41, 5.74) is 1.37. The zero-order chi connectivity index (χ0) is 16.9. The number of esters is 1. The lowest BCUT2D eigenvalue weighted by Crippen LogP contribution is -2.18. The molecule has 1 N–H and O–H groups in total. The number of benzene rings is 2. The van der Waals surface area contributed by atoms with Crippen molar-refractivity contribution in [2.24, 2.45) is 5.92 Å². The Bertz CT molecular complexity index is 778. The predicted octanol–water partition coefficient (Wildman–Crippen LogP) is 3.36. The van der Waals surface area contributed by atoms with Gasteiger partial charge in [-0.25, -0.2) is 4.79 Å². The van der Waals surface area contributed by atoms with E-state index in [2.05, 4.69) is 11.4 Å². The summed E-state index contributed by atoms with van der Waals surface area (Å²) in [5, 5.41) is 14.1. The highest BCUT2D eigenvalue weighted by Crippen LogP contribution is 2.33. The monoisotopic (exact) mass is 324 g/mol. The van der Waals surface area contributed by atoms with Gasteiger partial charge in [-0.2, -0.15) is 5.26 Å². The molecule has 24 heavy (non-hydrogen) atoms. The summed E-state index contributed by atoms with van der Waals surface area (Å²) >= 11 is 0. The molecular formula is C19H20N2O3.